The van der Waals surface area contributed by atoms with Crippen molar-refractivity contribution in [3.63, 3.8) is 0 Å². The van der Waals surface area contributed by atoms with Crippen molar-refractivity contribution in [2.45, 2.75) is 13.2 Å². The molecule has 0 aromatic heterocycles. The van der Waals surface area contributed by atoms with E-state index in [9.17, 15) is 8.78 Å². The molecule has 0 fully saturated rings. The zero-order chi connectivity index (χ0) is 13.8. The minimum absolute atomic E-state index is 0.0894. The van der Waals surface area contributed by atoms with Gasteiger partial charge < -0.3 is 9.84 Å². The number of ether oxygens (including phenoxy) is 1. The van der Waals surface area contributed by atoms with E-state index in [4.69, 9.17) is 9.84 Å². The maximum absolute atomic E-state index is 13.6. The molecule has 0 spiro atoms. The minimum Gasteiger partial charge on any atom is -0.486 e. The van der Waals surface area contributed by atoms with E-state index in [0.29, 0.717) is 0 Å². The first kappa shape index (κ1) is 14.0. The first-order valence-electron chi connectivity index (χ1n) is 5.57. The Balaban J connectivity index is 2.11. The van der Waals surface area contributed by atoms with Crippen LogP contribution in [0.4, 0.5) is 8.78 Å². The van der Waals surface area contributed by atoms with Crippen LogP contribution in [0.25, 0.3) is 0 Å². The van der Waals surface area contributed by atoms with Crippen LogP contribution in [0.1, 0.15) is 11.1 Å². The zero-order valence-corrected chi connectivity index (χ0v) is 11.5. The fraction of sp³-hybridized carbons (Fsp3) is 0.143. The summed E-state index contributed by atoms with van der Waals surface area (Å²) >= 11 is 3.30. The van der Waals surface area contributed by atoms with Gasteiger partial charge in [-0.25, -0.2) is 4.39 Å². The molecule has 19 heavy (non-hydrogen) atoms. The molecule has 2 aromatic carbocycles. The van der Waals surface area contributed by atoms with E-state index in [1.807, 2.05) is 24.3 Å². The lowest BCUT2D eigenvalue weighted by Gasteiger charge is -2.09. The van der Waals surface area contributed by atoms with Crippen LogP contribution in [0.15, 0.2) is 40.9 Å². The largest absolute Gasteiger partial charge is 0.486 e. The molecule has 100 valence electrons. The van der Waals surface area contributed by atoms with Crippen LogP contribution in [-0.2, 0) is 13.2 Å². The first-order chi connectivity index (χ1) is 9.11. The molecule has 0 aliphatic carbocycles. The maximum Gasteiger partial charge on any atom is 0.200 e. The molecule has 0 saturated carbocycles. The van der Waals surface area contributed by atoms with Crippen LogP contribution in [-0.4, -0.2) is 5.11 Å². The topological polar surface area (TPSA) is 29.5 Å². The molecule has 0 atom stereocenters. The fourth-order valence-electron chi connectivity index (χ4n) is 1.55. The van der Waals surface area contributed by atoms with Gasteiger partial charge in [0.05, 0.1) is 6.61 Å². The summed E-state index contributed by atoms with van der Waals surface area (Å²) in [7, 11) is 0. The third kappa shape index (κ3) is 3.30. The molecule has 0 amide bonds. The summed E-state index contributed by atoms with van der Waals surface area (Å²) in [6.07, 6.45) is 0. The van der Waals surface area contributed by atoms with E-state index in [1.165, 1.54) is 12.1 Å². The second kappa shape index (κ2) is 6.12. The van der Waals surface area contributed by atoms with Gasteiger partial charge in [-0.1, -0.05) is 28.1 Å². The Kier molecular flexibility index (Phi) is 4.50. The van der Waals surface area contributed by atoms with Crippen molar-refractivity contribution in [1.29, 1.82) is 0 Å². The van der Waals surface area contributed by atoms with E-state index >= 15 is 0 Å². The Labute approximate surface area is 117 Å². The number of hydrogen-bond donors (Lipinski definition) is 1. The summed E-state index contributed by atoms with van der Waals surface area (Å²) in [5, 5.41) is 8.82. The van der Waals surface area contributed by atoms with E-state index in [-0.39, 0.29) is 17.9 Å². The number of rotatable bonds is 4. The number of aliphatic hydroxyl groups is 1. The lowest BCUT2D eigenvalue weighted by Crippen LogP contribution is -2.01. The average Bonchev–Trinajstić information content (AvgIpc) is 2.42. The Bertz CT molecular complexity index is 570. The molecule has 5 heteroatoms. The Morgan fingerprint density at radius 1 is 1.00 bits per heavy atom. The normalized spacial score (nSPS) is 10.5. The molecule has 0 aliphatic rings. The first-order valence-corrected chi connectivity index (χ1v) is 6.36. The Morgan fingerprint density at radius 3 is 2.32 bits per heavy atom. The fourth-order valence-corrected chi connectivity index (χ4v) is 1.81. The van der Waals surface area contributed by atoms with Gasteiger partial charge in [-0.3, -0.25) is 0 Å². The van der Waals surface area contributed by atoms with Gasteiger partial charge in [0.25, 0.3) is 0 Å². The monoisotopic (exact) mass is 328 g/mol. The van der Waals surface area contributed by atoms with Crippen LogP contribution in [0.5, 0.6) is 5.75 Å². The molecule has 2 nitrogen and oxygen atoms in total. The molecular weight excluding hydrogens is 318 g/mol. The van der Waals surface area contributed by atoms with Crippen molar-refractivity contribution in [3.8, 4) is 5.75 Å². The summed E-state index contributed by atoms with van der Waals surface area (Å²) in [6, 6.07) is 9.92. The number of halogens is 3. The van der Waals surface area contributed by atoms with E-state index in [1.54, 1.807) is 0 Å². The van der Waals surface area contributed by atoms with E-state index in [2.05, 4.69) is 15.9 Å². The highest BCUT2D eigenvalue weighted by atomic mass is 79.9. The third-order valence-corrected chi connectivity index (χ3v) is 3.13. The van der Waals surface area contributed by atoms with Gasteiger partial charge in [-0.2, -0.15) is 4.39 Å². The molecule has 0 aliphatic heterocycles. The van der Waals surface area contributed by atoms with Gasteiger partial charge >= 0.3 is 0 Å². The lowest BCUT2D eigenvalue weighted by atomic mass is 10.2. The smallest absolute Gasteiger partial charge is 0.200 e. The summed E-state index contributed by atoms with van der Waals surface area (Å²) in [5.74, 6) is -2.32. The summed E-state index contributed by atoms with van der Waals surface area (Å²) in [5.41, 5.74) is 0.753. The quantitative estimate of drug-likeness (QED) is 0.925. The highest BCUT2D eigenvalue weighted by molar-refractivity contribution is 9.10. The molecule has 2 aromatic rings. The summed E-state index contributed by atoms with van der Waals surface area (Å²) in [6.45, 7) is -0.405. The maximum atomic E-state index is 13.6. The van der Waals surface area contributed by atoms with Gasteiger partial charge in [0.1, 0.15) is 6.61 Å². The second-order valence-corrected chi connectivity index (χ2v) is 4.84. The van der Waals surface area contributed by atoms with Crippen molar-refractivity contribution in [2.24, 2.45) is 0 Å². The number of benzene rings is 2. The third-order valence-electron chi connectivity index (χ3n) is 2.60. The molecule has 0 unspecified atom stereocenters. The van der Waals surface area contributed by atoms with Gasteiger partial charge in [0.2, 0.25) is 5.82 Å². The van der Waals surface area contributed by atoms with Crippen molar-refractivity contribution >= 4 is 15.9 Å². The molecule has 0 radical (unpaired) electrons. The number of aliphatic hydroxyl groups excluding tert-OH is 1. The number of hydrogen-bond acceptors (Lipinski definition) is 2. The molecule has 0 heterocycles. The average molecular weight is 329 g/mol. The van der Waals surface area contributed by atoms with Crippen molar-refractivity contribution in [2.75, 3.05) is 0 Å². The van der Waals surface area contributed by atoms with Crippen molar-refractivity contribution in [1.82, 2.24) is 0 Å². The molecule has 0 bridgehead atoms. The van der Waals surface area contributed by atoms with Crippen LogP contribution in [0.3, 0.4) is 0 Å². The zero-order valence-electron chi connectivity index (χ0n) is 9.87. The second-order valence-electron chi connectivity index (χ2n) is 3.92. The van der Waals surface area contributed by atoms with Gasteiger partial charge in [0.15, 0.2) is 11.6 Å². The summed E-state index contributed by atoms with van der Waals surface area (Å²) < 4.78 is 33.2. The molecular formula is C14H11BrF2O2. The highest BCUT2D eigenvalue weighted by Gasteiger charge is 2.13. The van der Waals surface area contributed by atoms with Gasteiger partial charge in [-0.15, -0.1) is 0 Å². The van der Waals surface area contributed by atoms with Gasteiger partial charge in [-0.05, 0) is 29.8 Å². The molecule has 0 saturated heterocycles. The molecule has 2 rings (SSSR count). The standard InChI is InChI=1S/C14H11BrF2O2/c15-11-4-1-9(2-5-11)8-19-12-6-3-10(7-18)13(16)14(12)17/h1-6,18H,7-8H2. The van der Waals surface area contributed by atoms with Crippen LogP contribution < -0.4 is 4.74 Å². The Morgan fingerprint density at radius 2 is 1.68 bits per heavy atom. The minimum atomic E-state index is -1.08. The van der Waals surface area contributed by atoms with Crippen LogP contribution in [0, 0.1) is 11.6 Å². The van der Waals surface area contributed by atoms with Crippen molar-refractivity contribution in [3.05, 3.63) is 63.6 Å². The summed E-state index contributed by atoms with van der Waals surface area (Å²) in [4.78, 5) is 0. The Hall–Kier alpha value is -1.46. The van der Waals surface area contributed by atoms with Crippen LogP contribution in [0.2, 0.25) is 0 Å². The predicted molar refractivity (Wildman–Crippen MR) is 70.8 cm³/mol. The SMILES string of the molecule is OCc1ccc(OCc2ccc(Br)cc2)c(F)c1F. The van der Waals surface area contributed by atoms with Gasteiger partial charge in [0, 0.05) is 10.0 Å². The highest BCUT2D eigenvalue weighted by Crippen LogP contribution is 2.23. The molecule has 1 N–H and O–H groups in total. The predicted octanol–water partition coefficient (Wildman–Crippen LogP) is 3.80. The van der Waals surface area contributed by atoms with E-state index < -0.39 is 18.2 Å². The van der Waals surface area contributed by atoms with Crippen LogP contribution >= 0.6 is 15.9 Å². The van der Waals surface area contributed by atoms with Crippen molar-refractivity contribution < 1.29 is 18.6 Å². The van der Waals surface area contributed by atoms with E-state index in [0.717, 1.165) is 10.0 Å². The lowest BCUT2D eigenvalue weighted by molar-refractivity contribution is 0.264.